The molecular formula is C15H13F3N2O3. The number of carbonyl (C=O) groups excluding carboxylic acids is 1. The predicted molar refractivity (Wildman–Crippen MR) is 75.4 cm³/mol. The molecule has 2 heterocycles. The minimum atomic E-state index is -5.01. The summed E-state index contributed by atoms with van der Waals surface area (Å²) in [5, 5.41) is 0. The molecule has 1 aliphatic rings. The Balaban J connectivity index is 2.05. The number of ether oxygens (including phenoxy) is 1. The van der Waals surface area contributed by atoms with Crippen LogP contribution in [0.15, 0.2) is 34.7 Å². The molecule has 1 aliphatic heterocycles. The van der Waals surface area contributed by atoms with Crippen LogP contribution in [-0.4, -0.2) is 43.2 Å². The number of halogens is 3. The zero-order valence-corrected chi connectivity index (χ0v) is 12.0. The van der Waals surface area contributed by atoms with Crippen LogP contribution in [0.2, 0.25) is 0 Å². The summed E-state index contributed by atoms with van der Waals surface area (Å²) in [7, 11) is 0. The van der Waals surface area contributed by atoms with Gasteiger partial charge < -0.3 is 14.1 Å². The van der Waals surface area contributed by atoms with Gasteiger partial charge in [0.1, 0.15) is 0 Å². The highest BCUT2D eigenvalue weighted by atomic mass is 19.4. The van der Waals surface area contributed by atoms with Gasteiger partial charge in [0, 0.05) is 18.7 Å². The SMILES string of the molecule is O=C(c1nc(-c2ccccc2)oc1N1CCOCC1)C(F)(F)F. The summed E-state index contributed by atoms with van der Waals surface area (Å²) in [5.41, 5.74) is -0.207. The summed E-state index contributed by atoms with van der Waals surface area (Å²) >= 11 is 0. The monoisotopic (exact) mass is 326 g/mol. The summed E-state index contributed by atoms with van der Waals surface area (Å²) in [6.07, 6.45) is -5.01. The highest BCUT2D eigenvalue weighted by Crippen LogP contribution is 2.33. The molecule has 0 unspecified atom stereocenters. The minimum absolute atomic E-state index is 0.0142. The Morgan fingerprint density at radius 1 is 1.13 bits per heavy atom. The normalized spacial score (nSPS) is 15.7. The van der Waals surface area contributed by atoms with Crippen molar-refractivity contribution >= 4 is 11.7 Å². The molecule has 1 aromatic heterocycles. The number of hydrogen-bond donors (Lipinski definition) is 0. The van der Waals surface area contributed by atoms with Crippen molar-refractivity contribution in [2.45, 2.75) is 6.18 Å². The van der Waals surface area contributed by atoms with Crippen LogP contribution in [0, 0.1) is 0 Å². The zero-order valence-electron chi connectivity index (χ0n) is 12.0. The summed E-state index contributed by atoms with van der Waals surface area (Å²) in [6.45, 7) is 1.37. The van der Waals surface area contributed by atoms with Crippen LogP contribution in [0.3, 0.4) is 0 Å². The number of ketones is 1. The first-order chi connectivity index (χ1) is 11.0. The Labute approximate surface area is 129 Å². The maximum Gasteiger partial charge on any atom is 0.456 e. The van der Waals surface area contributed by atoms with Crippen LogP contribution in [0.5, 0.6) is 0 Å². The third-order valence-electron chi connectivity index (χ3n) is 3.40. The Kier molecular flexibility index (Phi) is 4.08. The van der Waals surface area contributed by atoms with Gasteiger partial charge in [-0.2, -0.15) is 13.2 Å². The van der Waals surface area contributed by atoms with Gasteiger partial charge >= 0.3 is 6.18 Å². The quantitative estimate of drug-likeness (QED) is 0.812. The molecule has 0 N–H and O–H groups in total. The van der Waals surface area contributed by atoms with E-state index < -0.39 is 17.7 Å². The molecule has 0 bridgehead atoms. The first-order valence-corrected chi connectivity index (χ1v) is 6.97. The largest absolute Gasteiger partial charge is 0.456 e. The topological polar surface area (TPSA) is 55.6 Å². The standard InChI is InChI=1S/C15H13F3N2O3/c16-15(17,18)12(21)11-14(20-6-8-22-9-7-20)23-13(19-11)10-4-2-1-3-5-10/h1-5H,6-9H2. The van der Waals surface area contributed by atoms with Gasteiger partial charge in [-0.25, -0.2) is 4.98 Å². The van der Waals surface area contributed by atoms with E-state index in [4.69, 9.17) is 9.15 Å². The second kappa shape index (κ2) is 6.04. The number of aromatic nitrogens is 1. The molecule has 23 heavy (non-hydrogen) atoms. The Hall–Kier alpha value is -2.35. The third kappa shape index (κ3) is 3.21. The minimum Gasteiger partial charge on any atom is -0.420 e. The van der Waals surface area contributed by atoms with Gasteiger partial charge in [0.15, 0.2) is 5.69 Å². The maximum absolute atomic E-state index is 12.8. The Morgan fingerprint density at radius 3 is 2.39 bits per heavy atom. The number of carbonyl (C=O) groups is 1. The van der Waals surface area contributed by atoms with E-state index in [0.717, 1.165) is 0 Å². The van der Waals surface area contributed by atoms with Crippen molar-refractivity contribution < 1.29 is 27.1 Å². The van der Waals surface area contributed by atoms with E-state index in [0.29, 0.717) is 31.9 Å². The van der Waals surface area contributed by atoms with Gasteiger partial charge in [-0.3, -0.25) is 4.79 Å². The molecule has 5 nitrogen and oxygen atoms in total. The van der Waals surface area contributed by atoms with Crippen molar-refractivity contribution in [2.75, 3.05) is 31.2 Å². The van der Waals surface area contributed by atoms with Crippen LogP contribution >= 0.6 is 0 Å². The lowest BCUT2D eigenvalue weighted by atomic mass is 10.2. The van der Waals surface area contributed by atoms with E-state index in [1.807, 2.05) is 0 Å². The van der Waals surface area contributed by atoms with E-state index in [1.165, 1.54) is 0 Å². The lowest BCUT2D eigenvalue weighted by molar-refractivity contribution is -0.0888. The molecule has 0 saturated carbocycles. The fourth-order valence-electron chi connectivity index (χ4n) is 2.28. The molecule has 1 fully saturated rings. The van der Waals surface area contributed by atoms with Crippen LogP contribution in [-0.2, 0) is 4.74 Å². The molecule has 0 amide bonds. The summed E-state index contributed by atoms with van der Waals surface area (Å²) in [5.74, 6) is -2.18. The van der Waals surface area contributed by atoms with Crippen LogP contribution in [0.1, 0.15) is 10.5 Å². The van der Waals surface area contributed by atoms with Crippen molar-refractivity contribution in [1.29, 1.82) is 0 Å². The number of rotatable bonds is 3. The van der Waals surface area contributed by atoms with Crippen molar-refractivity contribution in [2.24, 2.45) is 0 Å². The number of anilines is 1. The number of morpholine rings is 1. The van der Waals surface area contributed by atoms with Gasteiger partial charge in [0.25, 0.3) is 5.78 Å². The van der Waals surface area contributed by atoms with Crippen molar-refractivity contribution in [3.8, 4) is 11.5 Å². The van der Waals surface area contributed by atoms with E-state index in [9.17, 15) is 18.0 Å². The summed E-state index contributed by atoms with van der Waals surface area (Å²) < 4.78 is 49.1. The zero-order chi connectivity index (χ0) is 16.4. The number of benzene rings is 1. The van der Waals surface area contributed by atoms with Crippen LogP contribution < -0.4 is 4.90 Å². The molecule has 3 rings (SSSR count). The maximum atomic E-state index is 12.8. The second-order valence-corrected chi connectivity index (χ2v) is 4.97. The van der Waals surface area contributed by atoms with E-state index in [2.05, 4.69) is 4.98 Å². The fourth-order valence-corrected chi connectivity index (χ4v) is 2.28. The first kappa shape index (κ1) is 15.5. The molecule has 122 valence electrons. The number of nitrogens with zero attached hydrogens (tertiary/aromatic N) is 2. The summed E-state index contributed by atoms with van der Waals surface area (Å²) in [4.78, 5) is 17.0. The Bertz CT molecular complexity index is 692. The molecule has 1 aromatic carbocycles. The average Bonchev–Trinajstić information content (AvgIpc) is 3.00. The number of Topliss-reactive ketones (excluding diaryl/α,β-unsaturated/α-hetero) is 1. The van der Waals surface area contributed by atoms with Crippen molar-refractivity contribution in [1.82, 2.24) is 4.98 Å². The van der Waals surface area contributed by atoms with E-state index >= 15 is 0 Å². The molecule has 0 atom stereocenters. The molecule has 8 heteroatoms. The molecule has 1 saturated heterocycles. The first-order valence-electron chi connectivity index (χ1n) is 6.97. The third-order valence-corrected chi connectivity index (χ3v) is 3.40. The number of oxazole rings is 1. The average molecular weight is 326 g/mol. The van der Waals surface area contributed by atoms with E-state index in [-0.39, 0.29) is 11.8 Å². The smallest absolute Gasteiger partial charge is 0.420 e. The number of hydrogen-bond acceptors (Lipinski definition) is 5. The van der Waals surface area contributed by atoms with Crippen molar-refractivity contribution in [3.63, 3.8) is 0 Å². The highest BCUT2D eigenvalue weighted by Gasteiger charge is 2.44. The van der Waals surface area contributed by atoms with Gasteiger partial charge in [-0.05, 0) is 12.1 Å². The highest BCUT2D eigenvalue weighted by molar-refractivity contribution is 6.02. The second-order valence-electron chi connectivity index (χ2n) is 4.97. The predicted octanol–water partition coefficient (Wildman–Crippen LogP) is 2.92. The lowest BCUT2D eigenvalue weighted by Gasteiger charge is -2.26. The van der Waals surface area contributed by atoms with Gasteiger partial charge in [-0.15, -0.1) is 0 Å². The molecule has 0 radical (unpaired) electrons. The molecular weight excluding hydrogens is 313 g/mol. The van der Waals surface area contributed by atoms with Gasteiger partial charge in [-0.1, -0.05) is 18.2 Å². The summed E-state index contributed by atoms with van der Waals surface area (Å²) in [6, 6.07) is 8.48. The molecule has 0 aliphatic carbocycles. The van der Waals surface area contributed by atoms with Gasteiger partial charge in [0.2, 0.25) is 11.8 Å². The fraction of sp³-hybridized carbons (Fsp3) is 0.333. The van der Waals surface area contributed by atoms with Crippen LogP contribution in [0.25, 0.3) is 11.5 Å². The number of alkyl halides is 3. The van der Waals surface area contributed by atoms with Crippen LogP contribution in [0.4, 0.5) is 19.1 Å². The van der Waals surface area contributed by atoms with E-state index in [1.54, 1.807) is 35.2 Å². The van der Waals surface area contributed by atoms with Crippen molar-refractivity contribution in [3.05, 3.63) is 36.0 Å². The Morgan fingerprint density at radius 2 is 1.78 bits per heavy atom. The van der Waals surface area contributed by atoms with Gasteiger partial charge in [0.05, 0.1) is 13.2 Å². The molecule has 0 spiro atoms. The lowest BCUT2D eigenvalue weighted by Crippen LogP contribution is -2.37. The molecule has 2 aromatic rings.